The molecule has 0 amide bonds. The Balaban J connectivity index is 1.58. The van der Waals surface area contributed by atoms with E-state index in [1.807, 2.05) is 37.7 Å². The molecule has 5 rings (SSSR count). The maximum Gasteiger partial charge on any atom is 0.330 e. The minimum absolute atomic E-state index is 0.377. The fourth-order valence-electron chi connectivity index (χ4n) is 3.87. The van der Waals surface area contributed by atoms with E-state index in [1.165, 1.54) is 15.8 Å². The monoisotopic (exact) mass is 403 g/mol. The summed E-state index contributed by atoms with van der Waals surface area (Å²) in [5.41, 5.74) is 2.48. The van der Waals surface area contributed by atoms with Crippen LogP contribution in [0, 0.1) is 0 Å². The molecule has 2 unspecified atom stereocenters. The predicted molar refractivity (Wildman–Crippen MR) is 121 cm³/mol. The largest absolute Gasteiger partial charge is 0.456 e. The molecule has 147 valence electrons. The van der Waals surface area contributed by atoms with Crippen molar-refractivity contribution >= 4 is 46.6 Å². The lowest BCUT2D eigenvalue weighted by atomic mass is 9.82. The van der Waals surface area contributed by atoms with Gasteiger partial charge in [0.2, 0.25) is 0 Å². The van der Waals surface area contributed by atoms with Gasteiger partial charge in [0.15, 0.2) is 0 Å². The second-order valence-corrected chi connectivity index (χ2v) is 10.1. The third-order valence-corrected chi connectivity index (χ3v) is 7.64. The van der Waals surface area contributed by atoms with Crippen molar-refractivity contribution in [1.82, 2.24) is 0 Å². The van der Waals surface area contributed by atoms with Crippen molar-refractivity contribution in [2.24, 2.45) is 0 Å². The minimum atomic E-state index is -0.955. The highest BCUT2D eigenvalue weighted by Gasteiger charge is 2.36. The fraction of sp³-hybridized carbons (Fsp3) is 0.333. The summed E-state index contributed by atoms with van der Waals surface area (Å²) in [4.78, 5) is 1.33. The highest BCUT2D eigenvalue weighted by molar-refractivity contribution is 8.00. The van der Waals surface area contributed by atoms with E-state index in [0.29, 0.717) is 11.2 Å². The number of hydrogen-bond donors (Lipinski definition) is 1. The average molecular weight is 403 g/mol. The molecule has 2 aromatic carbocycles. The molecule has 1 N–H and O–H groups in total. The van der Waals surface area contributed by atoms with E-state index in [0.717, 1.165) is 22.0 Å². The number of allylic oxidation sites excluding steroid dienone is 3. The molecule has 2 atom stereocenters. The molecular weight excluding hydrogens is 379 g/mol. The summed E-state index contributed by atoms with van der Waals surface area (Å²) in [5.74, 6) is 0.377. The number of hydrogen-bond acceptors (Lipinski definition) is 4. The van der Waals surface area contributed by atoms with Gasteiger partial charge in [-0.25, -0.2) is 0 Å². The van der Waals surface area contributed by atoms with Gasteiger partial charge in [0.25, 0.3) is 0 Å². The normalized spacial score (nSPS) is 21.0. The Kier molecular flexibility index (Phi) is 4.29. The lowest BCUT2D eigenvalue weighted by molar-refractivity contribution is -0.0893. The van der Waals surface area contributed by atoms with Crippen LogP contribution in [-0.4, -0.2) is 29.0 Å². The molecule has 1 aliphatic carbocycles. The second kappa shape index (κ2) is 6.53. The van der Waals surface area contributed by atoms with Crippen LogP contribution in [-0.2, 0) is 4.65 Å². The van der Waals surface area contributed by atoms with Gasteiger partial charge in [0, 0.05) is 26.8 Å². The lowest BCUT2D eigenvalue weighted by Crippen LogP contribution is -2.49. The summed E-state index contributed by atoms with van der Waals surface area (Å²) >= 11 is 1.93. The van der Waals surface area contributed by atoms with Gasteiger partial charge in [-0.2, -0.15) is 0 Å². The molecule has 0 saturated carbocycles. The topological polar surface area (TPSA) is 42.6 Å². The van der Waals surface area contributed by atoms with Crippen LogP contribution in [0.15, 0.2) is 63.9 Å². The lowest BCUT2D eigenvalue weighted by Gasteiger charge is -2.37. The number of thioether (sulfide) groups is 1. The van der Waals surface area contributed by atoms with Crippen LogP contribution in [0.1, 0.15) is 39.2 Å². The van der Waals surface area contributed by atoms with Crippen molar-refractivity contribution in [2.75, 3.05) is 0 Å². The van der Waals surface area contributed by atoms with Crippen molar-refractivity contribution in [3.05, 3.63) is 60.2 Å². The van der Waals surface area contributed by atoms with E-state index in [4.69, 9.17) is 9.07 Å². The van der Waals surface area contributed by atoms with Crippen molar-refractivity contribution in [3.8, 4) is 0 Å². The second-order valence-electron chi connectivity index (χ2n) is 8.89. The van der Waals surface area contributed by atoms with E-state index in [2.05, 4.69) is 42.5 Å². The van der Waals surface area contributed by atoms with E-state index < -0.39 is 11.2 Å². The third kappa shape index (κ3) is 3.07. The highest BCUT2D eigenvalue weighted by atomic mass is 32.2. The molecule has 1 aromatic heterocycles. The van der Waals surface area contributed by atoms with E-state index in [9.17, 15) is 5.11 Å². The highest BCUT2D eigenvalue weighted by Crippen LogP contribution is 2.52. The number of rotatable bonds is 4. The zero-order valence-corrected chi connectivity index (χ0v) is 17.9. The molecule has 29 heavy (non-hydrogen) atoms. The van der Waals surface area contributed by atoms with Crippen LogP contribution in [0.3, 0.4) is 0 Å². The first-order valence-corrected chi connectivity index (χ1v) is 10.9. The Morgan fingerprint density at radius 2 is 1.79 bits per heavy atom. The van der Waals surface area contributed by atoms with Crippen LogP contribution in [0.4, 0.5) is 0 Å². The first kappa shape index (κ1) is 19.0. The van der Waals surface area contributed by atoms with Crippen LogP contribution < -0.4 is 5.46 Å². The Bertz CT molecular complexity index is 1170. The number of benzene rings is 2. The molecular formula is C24H24BO3S. The molecule has 2 aliphatic rings. The first-order chi connectivity index (χ1) is 13.7. The van der Waals surface area contributed by atoms with Gasteiger partial charge in [-0.05, 0) is 51.5 Å². The van der Waals surface area contributed by atoms with Gasteiger partial charge < -0.3 is 14.2 Å². The Hall–Kier alpha value is -1.95. The van der Waals surface area contributed by atoms with Crippen molar-refractivity contribution in [1.29, 1.82) is 0 Å². The minimum Gasteiger partial charge on any atom is -0.456 e. The summed E-state index contributed by atoms with van der Waals surface area (Å²) in [6.45, 7) is 7.30. The molecule has 3 nitrogen and oxygen atoms in total. The van der Waals surface area contributed by atoms with Crippen LogP contribution >= 0.6 is 11.8 Å². The van der Waals surface area contributed by atoms with Gasteiger partial charge in [-0.15, -0.1) is 11.8 Å². The molecule has 0 bridgehead atoms. The SMILES string of the molecule is CC(C)(O)C(C)(C)O[B]c1ccc2oc3ccc4c(c3c2c1)C1C=CC=CC1S4. The van der Waals surface area contributed by atoms with Gasteiger partial charge in [-0.1, -0.05) is 41.9 Å². The Labute approximate surface area is 176 Å². The van der Waals surface area contributed by atoms with Crippen LogP contribution in [0.5, 0.6) is 0 Å². The fourth-order valence-corrected chi connectivity index (χ4v) is 5.21. The van der Waals surface area contributed by atoms with E-state index in [1.54, 1.807) is 21.3 Å². The predicted octanol–water partition coefficient (Wildman–Crippen LogP) is 5.08. The summed E-state index contributed by atoms with van der Waals surface area (Å²) in [5, 5.41) is 13.1. The van der Waals surface area contributed by atoms with E-state index in [-0.39, 0.29) is 0 Å². The maximum absolute atomic E-state index is 10.3. The molecule has 1 aliphatic heterocycles. The van der Waals surface area contributed by atoms with Crippen LogP contribution in [0.25, 0.3) is 21.9 Å². The van der Waals surface area contributed by atoms with Gasteiger partial charge >= 0.3 is 7.48 Å². The van der Waals surface area contributed by atoms with Crippen molar-refractivity contribution < 1.29 is 14.2 Å². The summed E-state index contributed by atoms with van der Waals surface area (Å²) < 4.78 is 12.1. The smallest absolute Gasteiger partial charge is 0.330 e. The zero-order chi connectivity index (χ0) is 20.4. The van der Waals surface area contributed by atoms with E-state index >= 15 is 0 Å². The standard InChI is InChI=1S/C24H24BO3S/c1-23(2,26)24(3,4)28-25-14-9-10-17-16(13-14)21-18(27-17)11-12-20-22(21)15-7-5-6-8-19(15)29-20/h5-13,15,19,26H,1-4H3. The molecule has 0 spiro atoms. The maximum atomic E-state index is 10.3. The number of furan rings is 1. The van der Waals surface area contributed by atoms with Crippen molar-refractivity contribution in [2.45, 2.75) is 55.0 Å². The zero-order valence-electron chi connectivity index (χ0n) is 17.1. The first-order valence-electron chi connectivity index (χ1n) is 9.99. The summed E-state index contributed by atoms with van der Waals surface area (Å²) in [6.07, 6.45) is 8.87. The molecule has 3 aromatic rings. The number of aliphatic hydroxyl groups is 1. The van der Waals surface area contributed by atoms with Gasteiger partial charge in [0.1, 0.15) is 11.2 Å². The summed E-state index contributed by atoms with van der Waals surface area (Å²) in [7, 11) is 1.74. The third-order valence-electron chi connectivity index (χ3n) is 6.30. The quantitative estimate of drug-likeness (QED) is 0.617. The molecule has 2 heterocycles. The average Bonchev–Trinajstić information content (AvgIpc) is 3.22. The Morgan fingerprint density at radius 1 is 1.03 bits per heavy atom. The molecule has 1 radical (unpaired) electrons. The molecule has 5 heteroatoms. The Morgan fingerprint density at radius 3 is 2.59 bits per heavy atom. The summed E-state index contributed by atoms with van der Waals surface area (Å²) in [6, 6.07) is 10.4. The van der Waals surface area contributed by atoms with Crippen LogP contribution in [0.2, 0.25) is 0 Å². The molecule has 0 fully saturated rings. The van der Waals surface area contributed by atoms with Gasteiger partial charge in [0.05, 0.1) is 11.2 Å². The van der Waals surface area contributed by atoms with Crippen molar-refractivity contribution in [3.63, 3.8) is 0 Å². The van der Waals surface area contributed by atoms with Gasteiger partial charge in [-0.3, -0.25) is 0 Å². The molecule has 0 saturated heterocycles. The number of fused-ring (bicyclic) bond motifs is 7.